The summed E-state index contributed by atoms with van der Waals surface area (Å²) in [5, 5.41) is 11.8. The predicted molar refractivity (Wildman–Crippen MR) is 118 cm³/mol. The van der Waals surface area contributed by atoms with Crippen molar-refractivity contribution in [1.29, 1.82) is 5.26 Å². The van der Waals surface area contributed by atoms with Gasteiger partial charge in [-0.2, -0.15) is 9.57 Å². The molecule has 0 unspecified atom stereocenters. The zero-order chi connectivity index (χ0) is 22.3. The van der Waals surface area contributed by atoms with Gasteiger partial charge in [0.1, 0.15) is 0 Å². The van der Waals surface area contributed by atoms with Crippen LogP contribution in [0, 0.1) is 25.2 Å². The molecule has 0 bridgehead atoms. The number of aryl methyl sites for hydroxylation is 2. The second-order valence-electron chi connectivity index (χ2n) is 7.45. The molecule has 0 aromatic heterocycles. The Bertz CT molecular complexity index is 1010. The number of anilines is 1. The third-order valence-electron chi connectivity index (χ3n) is 4.70. The van der Waals surface area contributed by atoms with Gasteiger partial charge in [0.2, 0.25) is 15.9 Å². The second kappa shape index (κ2) is 10.3. The maximum atomic E-state index is 13.2. The van der Waals surface area contributed by atoms with Crippen LogP contribution in [-0.2, 0) is 14.8 Å². The number of sulfonamides is 1. The zero-order valence-electron chi connectivity index (χ0n) is 17.8. The summed E-state index contributed by atoms with van der Waals surface area (Å²) in [6.45, 7) is 4.40. The van der Waals surface area contributed by atoms with Crippen LogP contribution in [0.3, 0.4) is 0 Å². The van der Waals surface area contributed by atoms with Crippen molar-refractivity contribution in [2.24, 2.45) is 0 Å². The molecule has 7 nitrogen and oxygen atoms in total. The van der Waals surface area contributed by atoms with E-state index in [4.69, 9.17) is 5.26 Å². The van der Waals surface area contributed by atoms with Crippen molar-refractivity contribution >= 4 is 21.6 Å². The first-order chi connectivity index (χ1) is 14.1. The molecule has 0 aliphatic carbocycles. The maximum absolute atomic E-state index is 13.2. The van der Waals surface area contributed by atoms with E-state index in [1.54, 1.807) is 0 Å². The van der Waals surface area contributed by atoms with Crippen LogP contribution in [0.4, 0.5) is 5.69 Å². The number of nitriles is 1. The van der Waals surface area contributed by atoms with E-state index in [2.05, 4.69) is 5.32 Å². The first kappa shape index (κ1) is 23.5. The molecule has 0 radical (unpaired) electrons. The quantitative estimate of drug-likeness (QED) is 0.663. The molecule has 2 aromatic rings. The highest BCUT2D eigenvalue weighted by Gasteiger charge is 2.26. The zero-order valence-corrected chi connectivity index (χ0v) is 18.7. The number of rotatable bonds is 9. The number of benzene rings is 2. The second-order valence-corrected chi connectivity index (χ2v) is 9.38. The van der Waals surface area contributed by atoms with Gasteiger partial charge in [-0.3, -0.25) is 4.79 Å². The number of nitrogens with one attached hydrogen (secondary N) is 1. The fourth-order valence-corrected chi connectivity index (χ4v) is 4.48. The Morgan fingerprint density at radius 2 is 1.63 bits per heavy atom. The van der Waals surface area contributed by atoms with Gasteiger partial charge in [0, 0.05) is 12.2 Å². The summed E-state index contributed by atoms with van der Waals surface area (Å²) >= 11 is 0. The lowest BCUT2D eigenvalue weighted by Crippen LogP contribution is -2.39. The number of carbonyl (C=O) groups is 1. The molecule has 8 heteroatoms. The number of para-hydroxylation sites is 1. The maximum Gasteiger partial charge on any atom is 0.243 e. The summed E-state index contributed by atoms with van der Waals surface area (Å²) in [4.78, 5) is 14.8. The molecule has 0 fully saturated rings. The topological polar surface area (TPSA) is 93.5 Å². The Morgan fingerprint density at radius 3 is 2.17 bits per heavy atom. The minimum absolute atomic E-state index is 0.0613. The van der Waals surface area contributed by atoms with Gasteiger partial charge in [0.15, 0.2) is 0 Å². The summed E-state index contributed by atoms with van der Waals surface area (Å²) in [5.74, 6) is -0.394. The molecule has 30 heavy (non-hydrogen) atoms. The smallest absolute Gasteiger partial charge is 0.243 e. The highest BCUT2D eigenvalue weighted by molar-refractivity contribution is 7.89. The van der Waals surface area contributed by atoms with E-state index in [1.165, 1.54) is 28.6 Å². The molecule has 0 heterocycles. The average Bonchev–Trinajstić information content (AvgIpc) is 2.70. The molecule has 0 aliphatic heterocycles. The van der Waals surface area contributed by atoms with Crippen LogP contribution in [0.15, 0.2) is 47.4 Å². The standard InChI is InChI=1S/C22H28N4O3S/c1-17-7-5-8-18(2)22(17)24-21(27)16-26(14-6-13-25(3)4)30(28,29)20-11-9-19(15-23)10-12-20/h5,7-12H,6,13-14,16H2,1-4H3,(H,24,27). The Labute approximate surface area is 179 Å². The van der Waals surface area contributed by atoms with Crippen molar-refractivity contribution < 1.29 is 13.2 Å². The van der Waals surface area contributed by atoms with Crippen molar-refractivity contribution in [3.05, 3.63) is 59.2 Å². The number of carbonyl (C=O) groups excluding carboxylic acids is 1. The lowest BCUT2D eigenvalue weighted by Gasteiger charge is -2.23. The van der Waals surface area contributed by atoms with E-state index in [0.29, 0.717) is 24.2 Å². The van der Waals surface area contributed by atoms with Crippen molar-refractivity contribution in [1.82, 2.24) is 9.21 Å². The number of hydrogen-bond donors (Lipinski definition) is 1. The van der Waals surface area contributed by atoms with Gasteiger partial charge in [-0.15, -0.1) is 0 Å². The monoisotopic (exact) mass is 428 g/mol. The normalized spacial score (nSPS) is 11.5. The molecule has 0 saturated heterocycles. The van der Waals surface area contributed by atoms with Gasteiger partial charge in [0.05, 0.1) is 23.1 Å². The van der Waals surface area contributed by atoms with Crippen LogP contribution in [-0.4, -0.2) is 57.3 Å². The minimum Gasteiger partial charge on any atom is -0.324 e. The molecule has 0 spiro atoms. The van der Waals surface area contributed by atoms with Crippen molar-refractivity contribution in [2.45, 2.75) is 25.2 Å². The Morgan fingerprint density at radius 1 is 1.03 bits per heavy atom. The van der Waals surface area contributed by atoms with Gasteiger partial charge < -0.3 is 10.2 Å². The fraction of sp³-hybridized carbons (Fsp3) is 0.364. The van der Waals surface area contributed by atoms with Gasteiger partial charge >= 0.3 is 0 Å². The summed E-state index contributed by atoms with van der Waals surface area (Å²) in [5.41, 5.74) is 2.90. The van der Waals surface area contributed by atoms with E-state index < -0.39 is 15.9 Å². The minimum atomic E-state index is -3.89. The number of amides is 1. The molecule has 0 aliphatic rings. The largest absolute Gasteiger partial charge is 0.324 e. The first-order valence-electron chi connectivity index (χ1n) is 9.66. The highest BCUT2D eigenvalue weighted by atomic mass is 32.2. The predicted octanol–water partition coefficient (Wildman–Crippen LogP) is 2.76. The summed E-state index contributed by atoms with van der Waals surface area (Å²) in [7, 11) is -0.0673. The third kappa shape index (κ3) is 6.13. The van der Waals surface area contributed by atoms with Gasteiger partial charge in [-0.1, -0.05) is 18.2 Å². The van der Waals surface area contributed by atoms with E-state index in [1.807, 2.05) is 57.1 Å². The van der Waals surface area contributed by atoms with Crippen LogP contribution in [0.25, 0.3) is 0 Å². The summed E-state index contributed by atoms with van der Waals surface area (Å²) in [6.07, 6.45) is 0.583. The third-order valence-corrected chi connectivity index (χ3v) is 6.56. The summed E-state index contributed by atoms with van der Waals surface area (Å²) in [6, 6.07) is 13.4. The Hall–Kier alpha value is -2.73. The molecule has 2 aromatic carbocycles. The molecule has 0 saturated carbocycles. The van der Waals surface area contributed by atoms with Crippen LogP contribution >= 0.6 is 0 Å². The van der Waals surface area contributed by atoms with Crippen LogP contribution in [0.5, 0.6) is 0 Å². The molecule has 160 valence electrons. The fourth-order valence-electron chi connectivity index (χ4n) is 3.05. The number of nitrogens with zero attached hydrogens (tertiary/aromatic N) is 3. The van der Waals surface area contributed by atoms with Gasteiger partial charge in [-0.05, 0) is 76.3 Å². The van der Waals surface area contributed by atoms with E-state index in [0.717, 1.165) is 11.1 Å². The SMILES string of the molecule is Cc1cccc(C)c1NC(=O)CN(CCCN(C)C)S(=O)(=O)c1ccc(C#N)cc1. The van der Waals surface area contributed by atoms with Gasteiger partial charge in [-0.25, -0.2) is 8.42 Å². The molecular weight excluding hydrogens is 400 g/mol. The van der Waals surface area contributed by atoms with Crippen molar-refractivity contribution in [2.75, 3.05) is 39.0 Å². The number of hydrogen-bond acceptors (Lipinski definition) is 5. The molecular formula is C22H28N4O3S. The van der Waals surface area contributed by atoms with Crippen molar-refractivity contribution in [3.63, 3.8) is 0 Å². The average molecular weight is 429 g/mol. The Kier molecular flexibility index (Phi) is 8.12. The molecule has 1 amide bonds. The molecule has 0 atom stereocenters. The van der Waals surface area contributed by atoms with Crippen LogP contribution in [0.1, 0.15) is 23.1 Å². The van der Waals surface area contributed by atoms with Crippen LogP contribution in [0.2, 0.25) is 0 Å². The highest BCUT2D eigenvalue weighted by Crippen LogP contribution is 2.21. The van der Waals surface area contributed by atoms with E-state index >= 15 is 0 Å². The van der Waals surface area contributed by atoms with Crippen molar-refractivity contribution in [3.8, 4) is 6.07 Å². The van der Waals surface area contributed by atoms with E-state index in [9.17, 15) is 13.2 Å². The Balaban J connectivity index is 2.25. The lowest BCUT2D eigenvalue weighted by atomic mass is 10.1. The molecule has 2 rings (SSSR count). The first-order valence-corrected chi connectivity index (χ1v) is 11.1. The van der Waals surface area contributed by atoms with Crippen LogP contribution < -0.4 is 5.32 Å². The molecule has 1 N–H and O–H groups in total. The summed E-state index contributed by atoms with van der Waals surface area (Å²) < 4.78 is 27.6. The van der Waals surface area contributed by atoms with E-state index in [-0.39, 0.29) is 18.0 Å². The van der Waals surface area contributed by atoms with Gasteiger partial charge in [0.25, 0.3) is 0 Å². The lowest BCUT2D eigenvalue weighted by molar-refractivity contribution is -0.116.